The van der Waals surface area contributed by atoms with E-state index < -0.39 is 11.9 Å². The Morgan fingerprint density at radius 3 is 3.05 bits per heavy atom. The maximum absolute atomic E-state index is 12.3. The molecule has 98 valence electrons. The van der Waals surface area contributed by atoms with Gasteiger partial charge in [-0.2, -0.15) is 0 Å². The smallest absolute Gasteiger partial charge is 0.318 e. The van der Waals surface area contributed by atoms with E-state index in [1.54, 1.807) is 28.6 Å². The Hall–Kier alpha value is -1.82. The van der Waals surface area contributed by atoms with Crippen LogP contribution in [-0.2, 0) is 16.0 Å². The van der Waals surface area contributed by atoms with Gasteiger partial charge >= 0.3 is 5.97 Å². The van der Waals surface area contributed by atoms with Gasteiger partial charge < -0.3 is 4.74 Å². The molecule has 0 spiro atoms. The molecule has 1 unspecified atom stereocenters. The van der Waals surface area contributed by atoms with Gasteiger partial charge in [-0.15, -0.1) is 11.8 Å². The summed E-state index contributed by atoms with van der Waals surface area (Å²) in [7, 11) is 1.30. The monoisotopic (exact) mass is 276 g/mol. The number of hydrogen-bond donors (Lipinski definition) is 0. The van der Waals surface area contributed by atoms with E-state index in [0.717, 1.165) is 21.6 Å². The average molecular weight is 276 g/mol. The summed E-state index contributed by atoms with van der Waals surface area (Å²) in [6.07, 6.45) is 4.03. The molecule has 0 amide bonds. The fourth-order valence-electron chi connectivity index (χ4n) is 2.51. The Labute approximate surface area is 113 Å². The molecule has 1 atom stereocenters. The molecular weight excluding hydrogens is 264 g/mol. The van der Waals surface area contributed by atoms with Gasteiger partial charge in [0.25, 0.3) is 0 Å². The number of thioether (sulfide) groups is 1. The van der Waals surface area contributed by atoms with Crippen molar-refractivity contribution in [3.63, 3.8) is 0 Å². The summed E-state index contributed by atoms with van der Waals surface area (Å²) in [6, 6.07) is 3.74. The van der Waals surface area contributed by atoms with Gasteiger partial charge in [0.1, 0.15) is 10.9 Å². The van der Waals surface area contributed by atoms with E-state index in [1.807, 2.05) is 12.3 Å². The predicted octanol–water partition coefficient (Wildman–Crippen LogP) is 1.74. The van der Waals surface area contributed by atoms with Crippen molar-refractivity contribution in [3.05, 3.63) is 24.0 Å². The molecule has 0 N–H and O–H groups in total. The molecule has 2 aromatic heterocycles. The second-order valence-corrected chi connectivity index (χ2v) is 5.14. The molecule has 0 aliphatic carbocycles. The van der Waals surface area contributed by atoms with E-state index in [4.69, 9.17) is 0 Å². The van der Waals surface area contributed by atoms with Crippen LogP contribution in [0.5, 0.6) is 0 Å². The largest absolute Gasteiger partial charge is 0.468 e. The molecule has 0 saturated carbocycles. The van der Waals surface area contributed by atoms with Crippen LogP contribution in [0.3, 0.4) is 0 Å². The number of hydrogen-bond acceptors (Lipinski definition) is 5. The minimum absolute atomic E-state index is 0.213. The number of nitrogens with zero attached hydrogens (tertiary/aromatic N) is 2. The zero-order valence-corrected chi connectivity index (χ0v) is 11.4. The number of ether oxygens (including phenoxy) is 1. The van der Waals surface area contributed by atoms with Gasteiger partial charge in [-0.1, -0.05) is 0 Å². The van der Waals surface area contributed by atoms with Gasteiger partial charge in [-0.25, -0.2) is 4.98 Å². The highest BCUT2D eigenvalue weighted by Crippen LogP contribution is 2.33. The summed E-state index contributed by atoms with van der Waals surface area (Å²) in [5.74, 6) is -1.40. The van der Waals surface area contributed by atoms with Crippen LogP contribution in [0.25, 0.3) is 10.9 Å². The molecule has 19 heavy (non-hydrogen) atoms. The van der Waals surface area contributed by atoms with Gasteiger partial charge in [-0.3, -0.25) is 14.2 Å². The number of fused-ring (bicyclic) bond motifs is 3. The molecule has 0 fully saturated rings. The first-order chi connectivity index (χ1) is 9.17. The first-order valence-electron chi connectivity index (χ1n) is 5.82. The van der Waals surface area contributed by atoms with Crippen LogP contribution in [0.1, 0.15) is 10.5 Å². The minimum atomic E-state index is -0.713. The van der Waals surface area contributed by atoms with Gasteiger partial charge in [0.15, 0.2) is 0 Å². The van der Waals surface area contributed by atoms with Crippen molar-refractivity contribution in [2.75, 3.05) is 13.4 Å². The van der Waals surface area contributed by atoms with Gasteiger partial charge in [-0.05, 0) is 18.4 Å². The van der Waals surface area contributed by atoms with Crippen LogP contribution >= 0.6 is 11.8 Å². The highest BCUT2D eigenvalue weighted by Gasteiger charge is 2.38. The lowest BCUT2D eigenvalue weighted by molar-refractivity contribution is -0.143. The summed E-state index contributed by atoms with van der Waals surface area (Å²) in [5, 5.41) is 1.85. The molecule has 1 aliphatic heterocycles. The topological polar surface area (TPSA) is 61.2 Å². The van der Waals surface area contributed by atoms with E-state index in [-0.39, 0.29) is 5.91 Å². The second kappa shape index (κ2) is 4.38. The molecule has 0 bridgehead atoms. The first kappa shape index (κ1) is 12.2. The lowest BCUT2D eigenvalue weighted by Crippen LogP contribution is -2.24. The molecule has 0 aromatic carbocycles. The van der Waals surface area contributed by atoms with Crippen LogP contribution in [0.2, 0.25) is 0 Å². The number of methoxy groups -OCH3 is 1. The lowest BCUT2D eigenvalue weighted by atomic mass is 10.1. The van der Waals surface area contributed by atoms with Crippen molar-refractivity contribution < 1.29 is 14.3 Å². The fraction of sp³-hybridized carbons (Fsp3) is 0.308. The minimum Gasteiger partial charge on any atom is -0.468 e. The van der Waals surface area contributed by atoms with E-state index in [1.165, 1.54) is 7.11 Å². The van der Waals surface area contributed by atoms with Crippen molar-refractivity contribution in [3.8, 4) is 0 Å². The van der Waals surface area contributed by atoms with Gasteiger partial charge in [0.05, 0.1) is 12.6 Å². The molecule has 3 heterocycles. The molecule has 5 nitrogen and oxygen atoms in total. The number of pyridine rings is 1. The van der Waals surface area contributed by atoms with Crippen LogP contribution < -0.4 is 0 Å². The van der Waals surface area contributed by atoms with Gasteiger partial charge in [0, 0.05) is 23.7 Å². The zero-order chi connectivity index (χ0) is 13.6. The Morgan fingerprint density at radius 2 is 2.37 bits per heavy atom. The number of rotatable bonds is 2. The van der Waals surface area contributed by atoms with Crippen LogP contribution in [0.4, 0.5) is 0 Å². The van der Waals surface area contributed by atoms with Gasteiger partial charge in [0.2, 0.25) is 5.91 Å². The van der Waals surface area contributed by atoms with Crippen LogP contribution in [-0.4, -0.2) is 34.8 Å². The zero-order valence-electron chi connectivity index (χ0n) is 10.5. The van der Waals surface area contributed by atoms with Crippen molar-refractivity contribution >= 4 is 34.5 Å². The Bertz CT molecular complexity index is 692. The highest BCUT2D eigenvalue weighted by atomic mass is 32.2. The van der Waals surface area contributed by atoms with Crippen molar-refractivity contribution in [2.45, 2.75) is 11.4 Å². The van der Waals surface area contributed by atoms with Crippen LogP contribution in [0.15, 0.2) is 23.4 Å². The maximum atomic E-state index is 12.3. The van der Waals surface area contributed by atoms with E-state index in [9.17, 15) is 9.59 Å². The summed E-state index contributed by atoms with van der Waals surface area (Å²) < 4.78 is 6.28. The molecule has 0 saturated heterocycles. The first-order valence-corrected chi connectivity index (χ1v) is 7.05. The predicted molar refractivity (Wildman–Crippen MR) is 71.4 cm³/mol. The quantitative estimate of drug-likeness (QED) is 0.475. The standard InChI is InChI=1S/C13H12N2O3S/c1-18-13(17)9-6-7-5-8-10(15(7)12(9)16)3-4-14-11(8)19-2/h3-5,9H,6H2,1-2H3. The van der Waals surface area contributed by atoms with Crippen molar-refractivity contribution in [1.82, 2.24) is 9.55 Å². The maximum Gasteiger partial charge on any atom is 0.318 e. The molecule has 2 aromatic rings. The van der Waals surface area contributed by atoms with Crippen LogP contribution in [0, 0.1) is 5.92 Å². The Morgan fingerprint density at radius 1 is 1.58 bits per heavy atom. The summed E-state index contributed by atoms with van der Waals surface area (Å²) in [4.78, 5) is 28.2. The molecule has 1 aliphatic rings. The number of esters is 1. The van der Waals surface area contributed by atoms with Crippen molar-refractivity contribution in [2.24, 2.45) is 5.92 Å². The third kappa shape index (κ3) is 1.67. The number of carbonyl (C=O) groups excluding carboxylic acids is 2. The van der Waals surface area contributed by atoms with Crippen molar-refractivity contribution in [1.29, 1.82) is 0 Å². The Kier molecular flexibility index (Phi) is 2.82. The van der Waals surface area contributed by atoms with E-state index in [2.05, 4.69) is 9.72 Å². The third-order valence-corrected chi connectivity index (χ3v) is 4.09. The molecule has 6 heteroatoms. The fourth-order valence-corrected chi connectivity index (χ4v) is 3.06. The summed E-state index contributed by atoms with van der Waals surface area (Å²) >= 11 is 1.54. The van der Waals surface area contributed by atoms with E-state index >= 15 is 0 Å². The normalized spacial score (nSPS) is 17.8. The number of aromatic nitrogens is 2. The highest BCUT2D eigenvalue weighted by molar-refractivity contribution is 7.98. The third-order valence-electron chi connectivity index (χ3n) is 3.38. The summed E-state index contributed by atoms with van der Waals surface area (Å²) in [6.45, 7) is 0. The van der Waals surface area contributed by atoms with E-state index in [0.29, 0.717) is 6.42 Å². The Balaban J connectivity index is 2.15. The average Bonchev–Trinajstić information content (AvgIpc) is 2.95. The number of carbonyl (C=O) groups is 2. The second-order valence-electron chi connectivity index (χ2n) is 4.34. The molecular formula is C13H12N2O3S. The molecule has 0 radical (unpaired) electrons. The molecule has 3 rings (SSSR count). The summed E-state index contributed by atoms with van der Waals surface area (Å²) in [5.41, 5.74) is 1.66. The SMILES string of the molecule is COC(=O)C1Cc2cc3c(SC)nccc3n2C1=O. The lowest BCUT2D eigenvalue weighted by Gasteiger charge is -2.06.